The second kappa shape index (κ2) is 13.2. The molecule has 0 aliphatic carbocycles. The summed E-state index contributed by atoms with van der Waals surface area (Å²) in [5, 5.41) is 34.7. The number of aryl methyl sites for hydroxylation is 1. The van der Waals surface area contributed by atoms with Crippen LogP contribution < -0.4 is 21.3 Å². The summed E-state index contributed by atoms with van der Waals surface area (Å²) in [5.41, 5.74) is 4.13. The number of amides is 3. The molecule has 12 nitrogen and oxygen atoms in total. The fourth-order valence-electron chi connectivity index (χ4n) is 3.97. The normalized spacial score (nSPS) is 12.0. The number of urea groups is 1. The smallest absolute Gasteiger partial charge is 0.324 e. The number of carbonyl (C=O) groups excluding carboxylic acids is 2. The first-order chi connectivity index (χ1) is 20.0. The van der Waals surface area contributed by atoms with Gasteiger partial charge in [-0.25, -0.2) is 19.4 Å². The van der Waals surface area contributed by atoms with E-state index in [1.54, 1.807) is 41.3 Å². The summed E-state index contributed by atoms with van der Waals surface area (Å²) < 4.78 is 1.63. The lowest BCUT2D eigenvalue weighted by Gasteiger charge is -2.14. The van der Waals surface area contributed by atoms with Crippen molar-refractivity contribution < 1.29 is 19.8 Å². The van der Waals surface area contributed by atoms with Crippen molar-refractivity contribution >= 4 is 35.1 Å². The van der Waals surface area contributed by atoms with Crippen molar-refractivity contribution in [2.24, 2.45) is 0 Å². The molecular formula is C30H36N8O4. The van der Waals surface area contributed by atoms with E-state index in [0.717, 1.165) is 16.9 Å². The first-order valence-electron chi connectivity index (χ1n) is 13.5. The molecule has 0 spiro atoms. The topological polar surface area (TPSA) is 166 Å². The summed E-state index contributed by atoms with van der Waals surface area (Å²) in [4.78, 5) is 33.9. The van der Waals surface area contributed by atoms with Crippen LogP contribution in [-0.2, 0) is 16.6 Å². The maximum atomic E-state index is 13.1. The molecule has 0 aliphatic heterocycles. The van der Waals surface area contributed by atoms with E-state index in [-0.39, 0.29) is 24.3 Å². The summed E-state index contributed by atoms with van der Waals surface area (Å²) in [6, 6.07) is 15.9. The largest absolute Gasteiger partial charge is 0.394 e. The van der Waals surface area contributed by atoms with Gasteiger partial charge < -0.3 is 26.2 Å². The highest BCUT2D eigenvalue weighted by molar-refractivity contribution is 5.99. The van der Waals surface area contributed by atoms with E-state index in [4.69, 9.17) is 10.2 Å². The Labute approximate surface area is 244 Å². The Morgan fingerprint density at radius 2 is 1.76 bits per heavy atom. The third-order valence-corrected chi connectivity index (χ3v) is 6.29. The molecule has 0 saturated carbocycles. The molecule has 4 rings (SSSR count). The lowest BCUT2D eigenvalue weighted by molar-refractivity contribution is -0.121. The number of carbonyl (C=O) groups is 2. The number of nitrogens with one attached hydrogen (secondary N) is 4. The Hall–Kier alpha value is -4.81. The molecule has 4 aromatic rings. The van der Waals surface area contributed by atoms with Gasteiger partial charge in [0.2, 0.25) is 11.9 Å². The van der Waals surface area contributed by atoms with Gasteiger partial charge in [0.25, 0.3) is 0 Å². The zero-order valence-electron chi connectivity index (χ0n) is 24.0. The van der Waals surface area contributed by atoms with E-state index < -0.39 is 18.7 Å². The number of aliphatic hydroxyl groups is 2. The molecule has 0 fully saturated rings. The standard InChI is InChI=1S/C30H36N8O4/c1-19-9-10-21(15-24(19)35-28-31-11-6-12-32-28)34-29(42)36-26-16-25(30(2,3)4)37-38(26)22-8-5-7-20(13-22)14-27(41)33-17-23(40)18-39/h5-13,15-16,23,39-40H,14,17-18H2,1-4H3,(H,33,41)(H,31,32,35)(H2,34,36,42). The Bertz CT molecular complexity index is 1530. The molecule has 1 atom stereocenters. The van der Waals surface area contributed by atoms with Crippen LogP contribution in [0.1, 0.15) is 37.6 Å². The van der Waals surface area contributed by atoms with Crippen LogP contribution >= 0.6 is 0 Å². The Morgan fingerprint density at radius 1 is 1.00 bits per heavy atom. The van der Waals surface area contributed by atoms with E-state index in [1.807, 2.05) is 58.0 Å². The number of rotatable bonds is 10. The molecule has 0 saturated heterocycles. The molecule has 3 amide bonds. The highest BCUT2D eigenvalue weighted by Crippen LogP contribution is 2.27. The minimum atomic E-state index is -1.01. The fourth-order valence-corrected chi connectivity index (χ4v) is 3.97. The van der Waals surface area contributed by atoms with Crippen molar-refractivity contribution in [2.45, 2.75) is 45.6 Å². The van der Waals surface area contributed by atoms with Crippen LogP contribution in [0.15, 0.2) is 67.0 Å². The predicted octanol–water partition coefficient (Wildman–Crippen LogP) is 3.67. The van der Waals surface area contributed by atoms with Crippen molar-refractivity contribution in [1.82, 2.24) is 25.1 Å². The van der Waals surface area contributed by atoms with Gasteiger partial charge >= 0.3 is 6.03 Å². The second-order valence-corrected chi connectivity index (χ2v) is 10.9. The number of hydrogen-bond acceptors (Lipinski definition) is 8. The summed E-state index contributed by atoms with van der Waals surface area (Å²) >= 11 is 0. The Morgan fingerprint density at radius 3 is 2.48 bits per heavy atom. The van der Waals surface area contributed by atoms with Crippen molar-refractivity contribution in [2.75, 3.05) is 29.1 Å². The summed E-state index contributed by atoms with van der Waals surface area (Å²) in [6.45, 7) is 7.56. The molecule has 0 radical (unpaired) electrons. The van der Waals surface area contributed by atoms with Crippen molar-refractivity contribution in [3.63, 3.8) is 0 Å². The van der Waals surface area contributed by atoms with Crippen molar-refractivity contribution in [3.05, 3.63) is 83.8 Å². The molecule has 0 aliphatic rings. The van der Waals surface area contributed by atoms with Crippen LogP contribution in [0.25, 0.3) is 5.69 Å². The third kappa shape index (κ3) is 8.12. The molecule has 2 aromatic heterocycles. The molecule has 0 bridgehead atoms. The van der Waals surface area contributed by atoms with Gasteiger partial charge in [-0.1, -0.05) is 39.0 Å². The monoisotopic (exact) mass is 572 g/mol. The summed E-state index contributed by atoms with van der Waals surface area (Å²) in [5.74, 6) is 0.607. The Balaban J connectivity index is 1.53. The number of aromatic nitrogens is 4. The lowest BCUT2D eigenvalue weighted by Crippen LogP contribution is -2.34. The zero-order valence-corrected chi connectivity index (χ0v) is 24.0. The molecule has 42 heavy (non-hydrogen) atoms. The quantitative estimate of drug-likeness (QED) is 0.167. The molecule has 6 N–H and O–H groups in total. The highest BCUT2D eigenvalue weighted by Gasteiger charge is 2.22. The van der Waals surface area contributed by atoms with Crippen LogP contribution in [-0.4, -0.2) is 61.2 Å². The van der Waals surface area contributed by atoms with E-state index in [0.29, 0.717) is 28.7 Å². The SMILES string of the molecule is Cc1ccc(NC(=O)Nc2cc(C(C)(C)C)nn2-c2cccc(CC(=O)NCC(O)CO)c2)cc1Nc1ncccn1. The second-order valence-electron chi connectivity index (χ2n) is 10.9. The highest BCUT2D eigenvalue weighted by atomic mass is 16.3. The first-order valence-corrected chi connectivity index (χ1v) is 13.5. The molecule has 2 heterocycles. The van der Waals surface area contributed by atoms with Crippen molar-refractivity contribution in [1.29, 1.82) is 0 Å². The van der Waals surface area contributed by atoms with E-state index >= 15 is 0 Å². The first kappa shape index (κ1) is 30.2. The van der Waals surface area contributed by atoms with Gasteiger partial charge in [-0.05, 0) is 48.4 Å². The molecule has 220 valence electrons. The number of hydrogen-bond donors (Lipinski definition) is 6. The summed E-state index contributed by atoms with van der Waals surface area (Å²) in [6.07, 6.45) is 2.34. The van der Waals surface area contributed by atoms with Gasteiger partial charge in [0, 0.05) is 41.8 Å². The van der Waals surface area contributed by atoms with Gasteiger partial charge in [0.1, 0.15) is 5.82 Å². The van der Waals surface area contributed by atoms with Crippen LogP contribution in [0.2, 0.25) is 0 Å². The van der Waals surface area contributed by atoms with E-state index in [2.05, 4.69) is 31.2 Å². The number of nitrogens with zero attached hydrogens (tertiary/aromatic N) is 4. The maximum Gasteiger partial charge on any atom is 0.324 e. The molecule has 2 aromatic carbocycles. The average Bonchev–Trinajstić information content (AvgIpc) is 3.38. The predicted molar refractivity (Wildman–Crippen MR) is 161 cm³/mol. The minimum Gasteiger partial charge on any atom is -0.394 e. The molecule has 12 heteroatoms. The molecular weight excluding hydrogens is 536 g/mol. The van der Waals surface area contributed by atoms with Crippen LogP contribution in [0.5, 0.6) is 0 Å². The van der Waals surface area contributed by atoms with Gasteiger partial charge in [-0.2, -0.15) is 5.10 Å². The average molecular weight is 573 g/mol. The van der Waals surface area contributed by atoms with Gasteiger partial charge in [-0.3, -0.25) is 10.1 Å². The minimum absolute atomic E-state index is 0.0368. The van der Waals surface area contributed by atoms with E-state index in [1.165, 1.54) is 0 Å². The number of anilines is 4. The van der Waals surface area contributed by atoms with Crippen LogP contribution in [0.3, 0.4) is 0 Å². The van der Waals surface area contributed by atoms with Gasteiger partial charge in [0.05, 0.1) is 30.5 Å². The third-order valence-electron chi connectivity index (χ3n) is 6.29. The van der Waals surface area contributed by atoms with Gasteiger partial charge in [0.15, 0.2) is 0 Å². The number of benzene rings is 2. The number of aliphatic hydroxyl groups excluding tert-OH is 2. The van der Waals surface area contributed by atoms with Gasteiger partial charge in [-0.15, -0.1) is 0 Å². The van der Waals surface area contributed by atoms with E-state index in [9.17, 15) is 14.7 Å². The zero-order chi connectivity index (χ0) is 30.3. The van der Waals surface area contributed by atoms with Crippen LogP contribution in [0, 0.1) is 6.92 Å². The Kier molecular flexibility index (Phi) is 9.50. The fraction of sp³-hybridized carbons (Fsp3) is 0.300. The summed E-state index contributed by atoms with van der Waals surface area (Å²) in [7, 11) is 0. The maximum absolute atomic E-state index is 13.1. The molecule has 1 unspecified atom stereocenters. The lowest BCUT2D eigenvalue weighted by atomic mass is 9.92. The van der Waals surface area contributed by atoms with Crippen LogP contribution in [0.4, 0.5) is 27.9 Å². The van der Waals surface area contributed by atoms with Crippen molar-refractivity contribution in [3.8, 4) is 5.69 Å².